The van der Waals surface area contributed by atoms with Gasteiger partial charge in [0.25, 0.3) is 21.9 Å². The summed E-state index contributed by atoms with van der Waals surface area (Å²) in [4.78, 5) is 137. The van der Waals surface area contributed by atoms with Crippen LogP contribution < -0.4 is 15.4 Å². The molecule has 0 bridgehead atoms. The molecule has 504 valence electrons. The molecule has 3 aliphatic rings. The van der Waals surface area contributed by atoms with Gasteiger partial charge in [-0.2, -0.15) is 20.2 Å². The van der Waals surface area contributed by atoms with E-state index in [-0.39, 0.29) is 173 Å². The highest BCUT2D eigenvalue weighted by Gasteiger charge is 2.46. The molecule has 0 aliphatic carbocycles. The van der Waals surface area contributed by atoms with E-state index in [1.54, 1.807) is 99.0 Å². The Balaban J connectivity index is 0.668. The number of aryl methyl sites for hydroxylation is 3. The Hall–Kier alpha value is -8.69. The van der Waals surface area contributed by atoms with Crippen molar-refractivity contribution in [1.82, 2.24) is 33.8 Å². The topological polar surface area (TPSA) is 311 Å². The summed E-state index contributed by atoms with van der Waals surface area (Å²) in [7, 11) is -1.07. The van der Waals surface area contributed by atoms with Crippen molar-refractivity contribution >= 4 is 97.2 Å². The number of nitrogens with zero attached hydrogens (tertiary/aromatic N) is 6. The average Bonchev–Trinajstić information content (AvgIpc) is 1.63. The quantitative estimate of drug-likeness (QED) is 0.0122. The Morgan fingerprint density at radius 3 is 2.24 bits per heavy atom. The maximum absolute atomic E-state index is 14.1. The molecule has 0 radical (unpaired) electrons. The van der Waals surface area contributed by atoms with E-state index in [2.05, 4.69) is 22.2 Å². The second kappa shape index (κ2) is 31.2. The third-order valence-electron chi connectivity index (χ3n) is 17.4. The molecule has 3 N–H and O–H groups in total. The van der Waals surface area contributed by atoms with Crippen LogP contribution >= 0.6 is 11.8 Å². The first-order valence-corrected chi connectivity index (χ1v) is 34.4. The predicted octanol–water partition coefficient (Wildman–Crippen LogP) is 7.05. The molecule has 3 aromatic carbocycles. The van der Waals surface area contributed by atoms with E-state index in [1.807, 2.05) is 36.5 Å². The van der Waals surface area contributed by atoms with Crippen LogP contribution in [-0.2, 0) is 86.5 Å². The van der Waals surface area contributed by atoms with Gasteiger partial charge >= 0.3 is 0 Å². The number of carbonyl (C=O) groups is 10. The SMILES string of the molecule is C=C1C[C@H]2C(S(=O)(=O)O)Cc3cc(OCCCC(=O)Nc4cn(C)c(C(=O)Cc5ccc(-c6cc(C(=O)n7ccc8cc(CC(=O)[C@H](C)NC(=O)[C@H](C)CC(=O)CCOCCOCCCC(=O)CCN9C(=O)CC(SC)C9=O)ccc87)n(C)c6)cc5)n4)c(C)cc3C(=O)N2C1. The number of benzene rings is 3. The van der Waals surface area contributed by atoms with Crippen LogP contribution in [0, 0.1) is 12.8 Å². The Labute approximate surface area is 555 Å². The van der Waals surface area contributed by atoms with Gasteiger partial charge in [0, 0.05) is 126 Å². The van der Waals surface area contributed by atoms with E-state index in [0.29, 0.717) is 58.7 Å². The minimum Gasteiger partial charge on any atom is -0.493 e. The van der Waals surface area contributed by atoms with Crippen molar-refractivity contribution in [3.63, 3.8) is 0 Å². The van der Waals surface area contributed by atoms with Crippen molar-refractivity contribution in [2.45, 2.75) is 120 Å². The van der Waals surface area contributed by atoms with Gasteiger partial charge in [-0.05, 0) is 110 Å². The largest absolute Gasteiger partial charge is 0.493 e. The first-order chi connectivity index (χ1) is 45.3. The van der Waals surface area contributed by atoms with Crippen LogP contribution in [0.15, 0.2) is 97.5 Å². The van der Waals surface area contributed by atoms with Gasteiger partial charge in [-0.3, -0.25) is 62.0 Å². The Morgan fingerprint density at radius 1 is 0.789 bits per heavy atom. The number of ketones is 4. The summed E-state index contributed by atoms with van der Waals surface area (Å²) in [6, 6.07) is 18.1. The number of carbonyl (C=O) groups excluding carboxylic acids is 10. The van der Waals surface area contributed by atoms with Crippen LogP contribution in [0.2, 0.25) is 0 Å². The maximum atomic E-state index is 14.1. The summed E-state index contributed by atoms with van der Waals surface area (Å²) in [6.07, 6.45) is 8.56. The van der Waals surface area contributed by atoms with Gasteiger partial charge in [0.05, 0.1) is 49.3 Å². The van der Waals surface area contributed by atoms with Crippen molar-refractivity contribution in [3.8, 4) is 16.9 Å². The highest BCUT2D eigenvalue weighted by atomic mass is 32.2. The fourth-order valence-electron chi connectivity index (χ4n) is 12.1. The summed E-state index contributed by atoms with van der Waals surface area (Å²) in [5.41, 5.74) is 6.20. The number of imide groups is 1. The number of fused-ring (bicyclic) bond motifs is 3. The van der Waals surface area contributed by atoms with Gasteiger partial charge in [0.2, 0.25) is 29.4 Å². The lowest BCUT2D eigenvalue weighted by atomic mass is 9.98. The zero-order valence-electron chi connectivity index (χ0n) is 54.2. The number of hydrogen-bond donors (Lipinski definition) is 3. The number of Topliss-reactive ketones (excluding diaryl/α,β-unsaturated/α-hetero) is 4. The number of aromatic nitrogens is 4. The van der Waals surface area contributed by atoms with E-state index < -0.39 is 39.3 Å². The molecule has 2 unspecified atom stereocenters. The van der Waals surface area contributed by atoms with Crippen molar-refractivity contribution in [1.29, 1.82) is 0 Å². The van der Waals surface area contributed by atoms with E-state index >= 15 is 0 Å². The molecule has 6 aromatic rings. The summed E-state index contributed by atoms with van der Waals surface area (Å²) >= 11 is 1.33. The third-order valence-corrected chi connectivity index (χ3v) is 19.6. The van der Waals surface area contributed by atoms with Gasteiger partial charge in [-0.1, -0.05) is 49.4 Å². The van der Waals surface area contributed by atoms with Crippen LogP contribution in [0.5, 0.6) is 5.75 Å². The molecule has 2 fully saturated rings. The lowest BCUT2D eigenvalue weighted by Gasteiger charge is -2.26. The zero-order valence-corrected chi connectivity index (χ0v) is 55.8. The number of ether oxygens (including phenoxy) is 3. The normalized spacial score (nSPS) is 17.0. The molecule has 2 saturated heterocycles. The standard InChI is InChI=1S/C69H80N8O16S2/c1-41-28-55-61(95(88,89)90)36-49-35-59(42(2)30-53(49)67(85)77(55)38-41)93-24-9-11-63(82)71-62-40-74(6)65(72-62)58(81)32-45-12-15-47(16-13-45)50-34-56(73(5)39-50)68(86)75-21-18-48-31-46(14-17-54(48)75)33-57(80)44(4)70-66(84)43(3)29-52(79)20-25-92-27-26-91-23-8-10-51(78)19-22-76-64(83)37-60(94-7)69(76)87/h12-18,21,30-31,34-35,39-40,43-44,55,60-61H,1,8-11,19-20,22-29,32-33,36-38H2,2-7H3,(H,70,84)(H,71,82)(H,88,89,90)/t43-,44+,55+,60?,61?/m1/s1. The van der Waals surface area contributed by atoms with E-state index in [0.717, 1.165) is 27.6 Å². The first kappa shape index (κ1) is 70.6. The van der Waals surface area contributed by atoms with E-state index in [9.17, 15) is 60.9 Å². The van der Waals surface area contributed by atoms with Crippen LogP contribution in [0.1, 0.15) is 125 Å². The molecule has 26 heteroatoms. The van der Waals surface area contributed by atoms with Gasteiger partial charge in [-0.15, -0.1) is 0 Å². The zero-order chi connectivity index (χ0) is 68.4. The van der Waals surface area contributed by atoms with Gasteiger partial charge in [0.1, 0.15) is 28.3 Å². The monoisotopic (exact) mass is 1340 g/mol. The highest BCUT2D eigenvalue weighted by molar-refractivity contribution is 8.00. The summed E-state index contributed by atoms with van der Waals surface area (Å²) in [5.74, 6) is -2.51. The highest BCUT2D eigenvalue weighted by Crippen LogP contribution is 2.37. The van der Waals surface area contributed by atoms with Crippen molar-refractivity contribution in [2.75, 3.05) is 57.7 Å². The number of likely N-dealkylation sites (tertiary alicyclic amines) is 1. The lowest BCUT2D eigenvalue weighted by Crippen LogP contribution is -2.44. The summed E-state index contributed by atoms with van der Waals surface area (Å²) in [5, 5.41) is 4.63. The molecule has 0 saturated carbocycles. The Kier molecular flexibility index (Phi) is 23.2. The van der Waals surface area contributed by atoms with Crippen molar-refractivity contribution < 1.29 is 75.1 Å². The molecule has 24 nitrogen and oxygen atoms in total. The number of hydrogen-bond acceptors (Lipinski definition) is 17. The van der Waals surface area contributed by atoms with Gasteiger partial charge in [0.15, 0.2) is 17.4 Å². The molecule has 5 atom stereocenters. The van der Waals surface area contributed by atoms with Crippen LogP contribution in [0.4, 0.5) is 5.82 Å². The fourth-order valence-corrected chi connectivity index (χ4v) is 13.8. The number of rotatable bonds is 33. The van der Waals surface area contributed by atoms with E-state index in [4.69, 9.17) is 14.2 Å². The maximum Gasteiger partial charge on any atom is 0.278 e. The molecule has 6 heterocycles. The average molecular weight is 1340 g/mol. The second-order valence-electron chi connectivity index (χ2n) is 24.6. The van der Waals surface area contributed by atoms with Crippen molar-refractivity contribution in [3.05, 3.63) is 137 Å². The van der Waals surface area contributed by atoms with Crippen molar-refractivity contribution in [2.24, 2.45) is 20.0 Å². The Morgan fingerprint density at radius 2 is 1.52 bits per heavy atom. The molecule has 3 aliphatic heterocycles. The number of amides is 5. The molecule has 5 amide bonds. The predicted molar refractivity (Wildman–Crippen MR) is 355 cm³/mol. The van der Waals surface area contributed by atoms with Crippen LogP contribution in [0.3, 0.4) is 0 Å². The number of anilines is 1. The van der Waals surface area contributed by atoms with Crippen LogP contribution in [0.25, 0.3) is 22.0 Å². The number of thioether (sulfide) groups is 1. The molecule has 9 rings (SSSR count). The molecular weight excluding hydrogens is 1260 g/mol. The molecule has 95 heavy (non-hydrogen) atoms. The van der Waals surface area contributed by atoms with Gasteiger partial charge in [-0.25, -0.2) is 4.98 Å². The Bertz CT molecular complexity index is 4090. The second-order valence-corrected chi connectivity index (χ2v) is 27.3. The number of nitrogens with one attached hydrogen (secondary N) is 2. The summed E-state index contributed by atoms with van der Waals surface area (Å²) < 4.78 is 57.0. The smallest absolute Gasteiger partial charge is 0.278 e. The fraction of sp³-hybridized carbons (Fsp3) is 0.435. The van der Waals surface area contributed by atoms with Gasteiger partial charge < -0.3 is 38.9 Å². The summed E-state index contributed by atoms with van der Waals surface area (Å²) in [6.45, 7) is 10.3. The minimum atomic E-state index is -4.51. The van der Waals surface area contributed by atoms with E-state index in [1.165, 1.54) is 26.1 Å². The number of imidazole rings is 1. The first-order valence-electron chi connectivity index (χ1n) is 31.6. The lowest BCUT2D eigenvalue weighted by molar-refractivity contribution is -0.138. The molecule has 3 aromatic heterocycles. The molecule has 0 spiro atoms. The minimum absolute atomic E-state index is 0.0184. The van der Waals surface area contributed by atoms with Crippen LogP contribution in [-0.4, -0.2) is 175 Å². The third kappa shape index (κ3) is 17.6. The molecular formula is C69H80N8O16S2.